The molecule has 0 amide bonds. The molecule has 2 aromatic rings. The highest BCUT2D eigenvalue weighted by atomic mass is 32.2. The predicted molar refractivity (Wildman–Crippen MR) is 78.8 cm³/mol. The fraction of sp³-hybridized carbons (Fsp3) is 0.214. The fourth-order valence-corrected chi connectivity index (χ4v) is 3.23. The molecule has 0 fully saturated rings. The molecular formula is C14H16FN3O2S. The van der Waals surface area contributed by atoms with Crippen molar-refractivity contribution in [1.82, 2.24) is 9.29 Å². The molecule has 0 saturated heterocycles. The maximum absolute atomic E-state index is 13.2. The Labute approximate surface area is 123 Å². The van der Waals surface area contributed by atoms with Crippen molar-refractivity contribution in [3.8, 4) is 0 Å². The minimum atomic E-state index is -3.71. The average Bonchev–Trinajstić information content (AvgIpc) is 2.47. The molecule has 1 aromatic heterocycles. The van der Waals surface area contributed by atoms with Crippen LogP contribution in [-0.2, 0) is 16.6 Å². The van der Waals surface area contributed by atoms with E-state index in [-0.39, 0.29) is 11.4 Å². The van der Waals surface area contributed by atoms with Gasteiger partial charge in [0.05, 0.1) is 5.69 Å². The van der Waals surface area contributed by atoms with Crippen LogP contribution in [-0.4, -0.2) is 31.8 Å². The number of benzene rings is 1. The number of rotatable bonds is 5. The molecule has 7 heteroatoms. The van der Waals surface area contributed by atoms with Gasteiger partial charge in [0.1, 0.15) is 10.7 Å². The third kappa shape index (κ3) is 3.37. The van der Waals surface area contributed by atoms with Gasteiger partial charge in [-0.3, -0.25) is 4.98 Å². The monoisotopic (exact) mass is 309 g/mol. The van der Waals surface area contributed by atoms with Crippen LogP contribution in [0, 0.1) is 5.82 Å². The summed E-state index contributed by atoms with van der Waals surface area (Å²) in [6.45, 7) is 0.0815. The molecule has 5 nitrogen and oxygen atoms in total. The largest absolute Gasteiger partial charge is 0.387 e. The molecule has 0 unspecified atom stereocenters. The molecule has 21 heavy (non-hydrogen) atoms. The van der Waals surface area contributed by atoms with Crippen LogP contribution < -0.4 is 5.32 Å². The lowest BCUT2D eigenvalue weighted by atomic mass is 10.2. The van der Waals surface area contributed by atoms with Crippen molar-refractivity contribution in [2.75, 3.05) is 19.4 Å². The molecule has 2 rings (SSSR count). The van der Waals surface area contributed by atoms with Gasteiger partial charge in [0.25, 0.3) is 0 Å². The van der Waals surface area contributed by atoms with E-state index in [4.69, 9.17) is 0 Å². The van der Waals surface area contributed by atoms with Crippen molar-refractivity contribution in [1.29, 1.82) is 0 Å². The Morgan fingerprint density at radius 1 is 1.33 bits per heavy atom. The second-order valence-electron chi connectivity index (χ2n) is 4.51. The third-order valence-corrected chi connectivity index (χ3v) is 4.87. The number of anilines is 1. The number of halogens is 1. The van der Waals surface area contributed by atoms with Gasteiger partial charge in [0.15, 0.2) is 0 Å². The van der Waals surface area contributed by atoms with Gasteiger partial charge in [-0.2, -0.15) is 4.31 Å². The minimum Gasteiger partial charge on any atom is -0.387 e. The van der Waals surface area contributed by atoms with E-state index in [1.807, 2.05) is 0 Å². The molecule has 0 aliphatic carbocycles. The maximum Gasteiger partial charge on any atom is 0.246 e. The van der Waals surface area contributed by atoms with Gasteiger partial charge in [-0.25, -0.2) is 12.8 Å². The van der Waals surface area contributed by atoms with Gasteiger partial charge in [0, 0.05) is 33.0 Å². The van der Waals surface area contributed by atoms with Gasteiger partial charge >= 0.3 is 0 Å². The first-order valence-corrected chi connectivity index (χ1v) is 7.71. The summed E-state index contributed by atoms with van der Waals surface area (Å²) in [5.74, 6) is -0.393. The van der Waals surface area contributed by atoms with Gasteiger partial charge in [-0.1, -0.05) is 12.1 Å². The van der Waals surface area contributed by atoms with Crippen molar-refractivity contribution < 1.29 is 12.8 Å². The standard InChI is InChI=1S/C14H16FN3O2S/c1-16-13-6-7-17-9-14(13)21(19,20)18(2)10-11-4-3-5-12(15)8-11/h3-9H,10H2,1-2H3,(H,16,17). The number of hydrogen-bond acceptors (Lipinski definition) is 4. The molecule has 112 valence electrons. The van der Waals surface area contributed by atoms with Crippen molar-refractivity contribution in [2.45, 2.75) is 11.4 Å². The Bertz CT molecular complexity index is 735. The molecule has 0 atom stereocenters. The first-order chi connectivity index (χ1) is 9.95. The Morgan fingerprint density at radius 2 is 2.10 bits per heavy atom. The first-order valence-electron chi connectivity index (χ1n) is 6.27. The lowest BCUT2D eigenvalue weighted by molar-refractivity contribution is 0.465. The van der Waals surface area contributed by atoms with Gasteiger partial charge in [0.2, 0.25) is 10.0 Å². The van der Waals surface area contributed by atoms with Crippen LogP contribution in [0.2, 0.25) is 0 Å². The highest BCUT2D eigenvalue weighted by Gasteiger charge is 2.24. The van der Waals surface area contributed by atoms with E-state index in [9.17, 15) is 12.8 Å². The van der Waals surface area contributed by atoms with Crippen LogP contribution in [0.5, 0.6) is 0 Å². The van der Waals surface area contributed by atoms with E-state index in [1.165, 1.54) is 35.9 Å². The van der Waals surface area contributed by atoms with Crippen LogP contribution in [0.25, 0.3) is 0 Å². The van der Waals surface area contributed by atoms with Crippen molar-refractivity contribution in [3.05, 3.63) is 54.1 Å². The lowest BCUT2D eigenvalue weighted by Gasteiger charge is -2.19. The summed E-state index contributed by atoms with van der Waals surface area (Å²) < 4.78 is 39.4. The Balaban J connectivity index is 2.31. The Kier molecular flexibility index (Phi) is 4.54. The molecule has 1 aromatic carbocycles. The smallest absolute Gasteiger partial charge is 0.246 e. The van der Waals surface area contributed by atoms with Crippen molar-refractivity contribution in [3.63, 3.8) is 0 Å². The molecule has 0 spiro atoms. The molecule has 0 bridgehead atoms. The number of aromatic nitrogens is 1. The van der Waals surface area contributed by atoms with E-state index in [1.54, 1.807) is 25.2 Å². The topological polar surface area (TPSA) is 62.3 Å². The second kappa shape index (κ2) is 6.19. The van der Waals surface area contributed by atoms with Crippen LogP contribution in [0.15, 0.2) is 47.6 Å². The number of pyridine rings is 1. The van der Waals surface area contributed by atoms with Gasteiger partial charge < -0.3 is 5.32 Å². The normalized spacial score (nSPS) is 11.6. The molecule has 1 heterocycles. The number of hydrogen-bond donors (Lipinski definition) is 1. The highest BCUT2D eigenvalue weighted by molar-refractivity contribution is 7.89. The molecule has 0 aliphatic rings. The van der Waals surface area contributed by atoms with Crippen molar-refractivity contribution >= 4 is 15.7 Å². The number of sulfonamides is 1. The zero-order valence-corrected chi connectivity index (χ0v) is 12.6. The SMILES string of the molecule is CNc1ccncc1S(=O)(=O)N(C)Cc1cccc(F)c1. The summed E-state index contributed by atoms with van der Waals surface area (Å²) in [5.41, 5.74) is 1.05. The quantitative estimate of drug-likeness (QED) is 0.918. The van der Waals surface area contributed by atoms with Gasteiger partial charge in [-0.15, -0.1) is 0 Å². The summed E-state index contributed by atoms with van der Waals surface area (Å²) >= 11 is 0. The van der Waals surface area contributed by atoms with E-state index in [2.05, 4.69) is 10.3 Å². The zero-order chi connectivity index (χ0) is 15.5. The highest BCUT2D eigenvalue weighted by Crippen LogP contribution is 2.23. The lowest BCUT2D eigenvalue weighted by Crippen LogP contribution is -2.27. The van der Waals surface area contributed by atoms with E-state index < -0.39 is 15.8 Å². The van der Waals surface area contributed by atoms with Crippen LogP contribution in [0.3, 0.4) is 0 Å². The number of nitrogens with zero attached hydrogens (tertiary/aromatic N) is 2. The first kappa shape index (κ1) is 15.4. The second-order valence-corrected chi connectivity index (χ2v) is 6.53. The summed E-state index contributed by atoms with van der Waals surface area (Å²) in [7, 11) is -0.616. The molecular weight excluding hydrogens is 293 g/mol. The van der Waals surface area contributed by atoms with E-state index in [0.29, 0.717) is 11.3 Å². The predicted octanol–water partition coefficient (Wildman–Crippen LogP) is 2.08. The number of nitrogens with one attached hydrogen (secondary N) is 1. The Morgan fingerprint density at radius 3 is 2.76 bits per heavy atom. The molecule has 0 saturated carbocycles. The van der Waals surface area contributed by atoms with Crippen molar-refractivity contribution in [2.24, 2.45) is 0 Å². The minimum absolute atomic E-state index is 0.0815. The molecule has 0 radical (unpaired) electrons. The zero-order valence-electron chi connectivity index (χ0n) is 11.7. The third-order valence-electron chi connectivity index (χ3n) is 3.04. The van der Waals surface area contributed by atoms with Crippen LogP contribution >= 0.6 is 0 Å². The van der Waals surface area contributed by atoms with Crippen LogP contribution in [0.4, 0.5) is 10.1 Å². The van der Waals surface area contributed by atoms with E-state index in [0.717, 1.165) is 0 Å². The summed E-state index contributed by atoms with van der Waals surface area (Å²) in [5, 5.41) is 2.82. The van der Waals surface area contributed by atoms with Gasteiger partial charge in [-0.05, 0) is 23.8 Å². The maximum atomic E-state index is 13.2. The summed E-state index contributed by atoms with van der Waals surface area (Å²) in [6.07, 6.45) is 2.81. The molecule has 1 N–H and O–H groups in total. The Hall–Kier alpha value is -1.99. The van der Waals surface area contributed by atoms with E-state index >= 15 is 0 Å². The van der Waals surface area contributed by atoms with Crippen LogP contribution in [0.1, 0.15) is 5.56 Å². The average molecular weight is 309 g/mol. The fourth-order valence-electron chi connectivity index (χ4n) is 1.94. The molecule has 0 aliphatic heterocycles. The summed E-state index contributed by atoms with van der Waals surface area (Å²) in [6, 6.07) is 7.45. The summed E-state index contributed by atoms with van der Waals surface area (Å²) in [4.78, 5) is 3.95.